The highest BCUT2D eigenvalue weighted by Gasteiger charge is 2.26. The Labute approximate surface area is 99.0 Å². The van der Waals surface area contributed by atoms with Gasteiger partial charge < -0.3 is 5.11 Å². The van der Waals surface area contributed by atoms with E-state index in [0.29, 0.717) is 6.54 Å². The fraction of sp³-hybridized carbons (Fsp3) is 0.333. The van der Waals surface area contributed by atoms with Crippen LogP contribution < -0.4 is 10.4 Å². The van der Waals surface area contributed by atoms with Gasteiger partial charge in [0.2, 0.25) is 5.91 Å². The zero-order valence-electron chi connectivity index (χ0n) is 9.51. The normalized spacial score (nSPS) is 19.2. The van der Waals surface area contributed by atoms with Gasteiger partial charge in [0.25, 0.3) is 0 Å². The molecule has 90 valence electrons. The fourth-order valence-electron chi connectivity index (χ4n) is 1.78. The van der Waals surface area contributed by atoms with Crippen LogP contribution in [0.3, 0.4) is 0 Å². The van der Waals surface area contributed by atoms with Gasteiger partial charge in [-0.15, -0.1) is 0 Å². The van der Waals surface area contributed by atoms with Crippen LogP contribution in [0.15, 0.2) is 24.3 Å². The van der Waals surface area contributed by atoms with Crippen LogP contribution in [-0.2, 0) is 16.0 Å². The van der Waals surface area contributed by atoms with E-state index in [1.807, 2.05) is 19.1 Å². The summed E-state index contributed by atoms with van der Waals surface area (Å²) >= 11 is 0. The van der Waals surface area contributed by atoms with Crippen molar-refractivity contribution in [1.29, 1.82) is 0 Å². The molecule has 5 heteroatoms. The molecule has 0 bridgehead atoms. The molecule has 1 heterocycles. The molecule has 1 fully saturated rings. The second-order valence-electron chi connectivity index (χ2n) is 4.22. The lowest BCUT2D eigenvalue weighted by Crippen LogP contribution is -2.32. The molecule has 2 N–H and O–H groups in total. The highest BCUT2D eigenvalue weighted by molar-refractivity contribution is 5.83. The molecule has 0 spiro atoms. The van der Waals surface area contributed by atoms with Crippen molar-refractivity contribution in [2.45, 2.75) is 13.3 Å². The van der Waals surface area contributed by atoms with Crippen LogP contribution in [0.5, 0.6) is 0 Å². The molecule has 1 aromatic rings. The summed E-state index contributed by atoms with van der Waals surface area (Å²) in [6.45, 7) is 2.51. The maximum Gasteiger partial charge on any atom is 0.307 e. The SMILES string of the molecule is CC1CN(c2ccc(CC(=O)O)cc2)NC1=O. The molecule has 0 aromatic heterocycles. The van der Waals surface area contributed by atoms with Crippen LogP contribution >= 0.6 is 0 Å². The summed E-state index contributed by atoms with van der Waals surface area (Å²) in [6.07, 6.45) is 0.0169. The highest BCUT2D eigenvalue weighted by atomic mass is 16.4. The number of carbonyl (C=O) groups is 2. The Morgan fingerprint density at radius 1 is 1.47 bits per heavy atom. The Kier molecular flexibility index (Phi) is 2.99. The van der Waals surface area contributed by atoms with E-state index in [1.165, 1.54) is 0 Å². The van der Waals surface area contributed by atoms with Gasteiger partial charge in [0.15, 0.2) is 0 Å². The summed E-state index contributed by atoms with van der Waals surface area (Å²) in [6, 6.07) is 7.16. The van der Waals surface area contributed by atoms with Crippen LogP contribution in [-0.4, -0.2) is 23.5 Å². The Balaban J connectivity index is 2.08. The summed E-state index contributed by atoms with van der Waals surface area (Å²) in [5.74, 6) is -0.853. The number of carboxylic acids is 1. The molecule has 1 aliphatic heterocycles. The third-order valence-electron chi connectivity index (χ3n) is 2.75. The molecule has 5 nitrogen and oxygen atoms in total. The second-order valence-corrected chi connectivity index (χ2v) is 4.22. The predicted octanol–water partition coefficient (Wildman–Crippen LogP) is 0.801. The molecular formula is C12H14N2O3. The van der Waals surface area contributed by atoms with Crippen molar-refractivity contribution in [3.8, 4) is 0 Å². The van der Waals surface area contributed by atoms with Gasteiger partial charge in [-0.25, -0.2) is 0 Å². The van der Waals surface area contributed by atoms with E-state index >= 15 is 0 Å². The number of carboxylic acid groups (broad SMARTS) is 1. The number of nitrogens with zero attached hydrogens (tertiary/aromatic N) is 1. The van der Waals surface area contributed by atoms with Crippen molar-refractivity contribution in [3.63, 3.8) is 0 Å². The summed E-state index contributed by atoms with van der Waals surface area (Å²) in [5, 5.41) is 10.4. The van der Waals surface area contributed by atoms with Crippen molar-refractivity contribution in [2.75, 3.05) is 11.6 Å². The number of hydrogen-bond donors (Lipinski definition) is 2. The largest absolute Gasteiger partial charge is 0.481 e. The van der Waals surface area contributed by atoms with E-state index in [-0.39, 0.29) is 18.2 Å². The maximum atomic E-state index is 11.3. The second kappa shape index (κ2) is 4.45. The monoisotopic (exact) mass is 234 g/mol. The quantitative estimate of drug-likeness (QED) is 0.811. The van der Waals surface area contributed by atoms with Crippen LogP contribution in [0, 0.1) is 5.92 Å². The molecule has 1 aliphatic rings. The van der Waals surface area contributed by atoms with Crippen molar-refractivity contribution in [3.05, 3.63) is 29.8 Å². The van der Waals surface area contributed by atoms with Crippen LogP contribution in [0.1, 0.15) is 12.5 Å². The van der Waals surface area contributed by atoms with E-state index in [0.717, 1.165) is 11.3 Å². The number of anilines is 1. The summed E-state index contributed by atoms with van der Waals surface area (Å²) in [7, 11) is 0. The van der Waals surface area contributed by atoms with Crippen LogP contribution in [0.4, 0.5) is 5.69 Å². The van der Waals surface area contributed by atoms with Crippen molar-refractivity contribution < 1.29 is 14.7 Å². The number of carbonyl (C=O) groups excluding carboxylic acids is 1. The van der Waals surface area contributed by atoms with Gasteiger partial charge in [0.05, 0.1) is 24.6 Å². The van der Waals surface area contributed by atoms with Crippen molar-refractivity contribution in [1.82, 2.24) is 5.43 Å². The topological polar surface area (TPSA) is 69.6 Å². The van der Waals surface area contributed by atoms with Gasteiger partial charge in [-0.3, -0.25) is 20.0 Å². The summed E-state index contributed by atoms with van der Waals surface area (Å²) in [5.41, 5.74) is 4.38. The van der Waals surface area contributed by atoms with Crippen molar-refractivity contribution in [2.24, 2.45) is 5.92 Å². The molecule has 0 radical (unpaired) electrons. The number of aliphatic carboxylic acids is 1. The first-order valence-corrected chi connectivity index (χ1v) is 5.45. The fourth-order valence-corrected chi connectivity index (χ4v) is 1.78. The van der Waals surface area contributed by atoms with Crippen LogP contribution in [0.2, 0.25) is 0 Å². The lowest BCUT2D eigenvalue weighted by Gasteiger charge is -2.17. The number of amides is 1. The maximum absolute atomic E-state index is 11.3. The Morgan fingerprint density at radius 2 is 2.12 bits per heavy atom. The van der Waals surface area contributed by atoms with E-state index in [1.54, 1.807) is 17.1 Å². The Bertz CT molecular complexity index is 442. The molecule has 1 amide bonds. The van der Waals surface area contributed by atoms with E-state index in [4.69, 9.17) is 5.11 Å². The lowest BCUT2D eigenvalue weighted by molar-refractivity contribution is -0.136. The van der Waals surface area contributed by atoms with Crippen LogP contribution in [0.25, 0.3) is 0 Å². The minimum Gasteiger partial charge on any atom is -0.481 e. The molecule has 0 aliphatic carbocycles. The number of hydrazine groups is 1. The number of benzene rings is 1. The summed E-state index contributed by atoms with van der Waals surface area (Å²) < 4.78 is 0. The Morgan fingerprint density at radius 3 is 2.59 bits per heavy atom. The highest BCUT2D eigenvalue weighted by Crippen LogP contribution is 2.19. The average molecular weight is 234 g/mol. The van der Waals surface area contributed by atoms with Gasteiger partial charge >= 0.3 is 5.97 Å². The first-order chi connectivity index (χ1) is 8.06. The minimum atomic E-state index is -0.846. The third kappa shape index (κ3) is 2.55. The zero-order chi connectivity index (χ0) is 12.4. The molecular weight excluding hydrogens is 220 g/mol. The van der Waals surface area contributed by atoms with Gasteiger partial charge in [-0.05, 0) is 17.7 Å². The number of nitrogens with one attached hydrogen (secondary N) is 1. The molecule has 0 saturated carbocycles. The zero-order valence-corrected chi connectivity index (χ0v) is 9.51. The third-order valence-corrected chi connectivity index (χ3v) is 2.75. The smallest absolute Gasteiger partial charge is 0.307 e. The molecule has 1 unspecified atom stereocenters. The average Bonchev–Trinajstić information content (AvgIpc) is 2.59. The lowest BCUT2D eigenvalue weighted by atomic mass is 10.1. The van der Waals surface area contributed by atoms with E-state index in [2.05, 4.69) is 5.43 Å². The van der Waals surface area contributed by atoms with Gasteiger partial charge in [0, 0.05) is 0 Å². The van der Waals surface area contributed by atoms with Gasteiger partial charge in [-0.1, -0.05) is 19.1 Å². The minimum absolute atomic E-state index is 0.0135. The molecule has 1 saturated heterocycles. The number of hydrogen-bond acceptors (Lipinski definition) is 3. The van der Waals surface area contributed by atoms with E-state index < -0.39 is 5.97 Å². The van der Waals surface area contributed by atoms with E-state index in [9.17, 15) is 9.59 Å². The predicted molar refractivity (Wildman–Crippen MR) is 62.4 cm³/mol. The molecule has 1 atom stereocenters. The molecule has 17 heavy (non-hydrogen) atoms. The standard InChI is InChI=1S/C12H14N2O3/c1-8-7-14(13-12(8)17)10-4-2-9(3-5-10)6-11(15)16/h2-5,8H,6-7H2,1H3,(H,13,17)(H,15,16). The Hall–Kier alpha value is -2.04. The number of rotatable bonds is 3. The molecule has 1 aromatic carbocycles. The van der Waals surface area contributed by atoms with Crippen molar-refractivity contribution >= 4 is 17.6 Å². The molecule has 2 rings (SSSR count). The van der Waals surface area contributed by atoms with Gasteiger partial charge in [-0.2, -0.15) is 0 Å². The first kappa shape index (κ1) is 11.4. The van der Waals surface area contributed by atoms with Gasteiger partial charge in [0.1, 0.15) is 0 Å². The first-order valence-electron chi connectivity index (χ1n) is 5.45. The summed E-state index contributed by atoms with van der Waals surface area (Å²) in [4.78, 5) is 21.9.